The zero-order valence-corrected chi connectivity index (χ0v) is 10.2. The maximum absolute atomic E-state index is 11.5. The predicted molar refractivity (Wildman–Crippen MR) is 61.9 cm³/mol. The first-order chi connectivity index (χ1) is 6.89. The maximum atomic E-state index is 11.5. The van der Waals surface area contributed by atoms with Crippen LogP contribution in [0.5, 0.6) is 0 Å². The number of amides is 1. The Bertz CT molecular complexity index is 257. The van der Waals surface area contributed by atoms with Gasteiger partial charge in [-0.3, -0.25) is 9.00 Å². The van der Waals surface area contributed by atoms with Gasteiger partial charge in [0, 0.05) is 28.9 Å². The van der Waals surface area contributed by atoms with Gasteiger partial charge in [-0.05, 0) is 32.6 Å². The molecule has 0 radical (unpaired) electrons. The summed E-state index contributed by atoms with van der Waals surface area (Å²) in [6, 6.07) is 0. The van der Waals surface area contributed by atoms with Crippen molar-refractivity contribution in [2.24, 2.45) is 11.7 Å². The van der Waals surface area contributed by atoms with Crippen molar-refractivity contribution in [3.63, 3.8) is 0 Å². The molecule has 3 N–H and O–H groups in total. The Labute approximate surface area is 93.4 Å². The first-order valence-corrected chi connectivity index (χ1v) is 6.80. The molecule has 0 spiro atoms. The average Bonchev–Trinajstić information content (AvgIpc) is 2.86. The third kappa shape index (κ3) is 5.28. The van der Waals surface area contributed by atoms with E-state index in [0.29, 0.717) is 18.2 Å². The van der Waals surface area contributed by atoms with Gasteiger partial charge in [0.15, 0.2) is 0 Å². The fourth-order valence-electron chi connectivity index (χ4n) is 1.14. The van der Waals surface area contributed by atoms with E-state index in [1.807, 2.05) is 0 Å². The van der Waals surface area contributed by atoms with Crippen LogP contribution in [0.3, 0.4) is 0 Å². The molecule has 1 saturated carbocycles. The second kappa shape index (κ2) is 5.07. The molecule has 1 atom stereocenters. The third-order valence-corrected chi connectivity index (χ3v) is 3.82. The van der Waals surface area contributed by atoms with E-state index in [4.69, 9.17) is 5.73 Å². The molecule has 1 aliphatic rings. The summed E-state index contributed by atoms with van der Waals surface area (Å²) in [7, 11) is -0.786. The lowest BCUT2D eigenvalue weighted by molar-refractivity contribution is -0.125. The predicted octanol–water partition coefficient (Wildman–Crippen LogP) is -0.00140. The van der Waals surface area contributed by atoms with Crippen molar-refractivity contribution < 1.29 is 9.00 Å². The van der Waals surface area contributed by atoms with E-state index in [9.17, 15) is 9.00 Å². The summed E-state index contributed by atoms with van der Waals surface area (Å²) in [6.07, 6.45) is 2.43. The van der Waals surface area contributed by atoms with E-state index in [-0.39, 0.29) is 5.91 Å². The Morgan fingerprint density at radius 1 is 1.53 bits per heavy atom. The molecule has 1 rings (SSSR count). The molecule has 1 fully saturated rings. The van der Waals surface area contributed by atoms with Crippen LogP contribution in [0.2, 0.25) is 0 Å². The summed E-state index contributed by atoms with van der Waals surface area (Å²) < 4.78 is 11.5. The summed E-state index contributed by atoms with van der Waals surface area (Å²) >= 11 is 0. The Balaban J connectivity index is 2.09. The Hall–Kier alpha value is -0.420. The van der Waals surface area contributed by atoms with Gasteiger partial charge < -0.3 is 11.1 Å². The Kier molecular flexibility index (Phi) is 4.28. The minimum atomic E-state index is -0.849. The first-order valence-electron chi connectivity index (χ1n) is 5.32. The van der Waals surface area contributed by atoms with Crippen molar-refractivity contribution >= 4 is 16.7 Å². The van der Waals surface area contributed by atoms with Crippen molar-refractivity contribution in [3.8, 4) is 0 Å². The summed E-state index contributed by atoms with van der Waals surface area (Å²) in [6.45, 7) is 3.77. The van der Waals surface area contributed by atoms with Crippen LogP contribution in [0.15, 0.2) is 0 Å². The lowest BCUT2D eigenvalue weighted by atomic mass is 10.1. The van der Waals surface area contributed by atoms with Crippen LogP contribution in [-0.4, -0.2) is 33.7 Å². The maximum Gasteiger partial charge on any atom is 0.239 e. The van der Waals surface area contributed by atoms with E-state index >= 15 is 0 Å². The molecular formula is C10H20N2O2S. The molecule has 0 aromatic heterocycles. The van der Waals surface area contributed by atoms with Gasteiger partial charge in [0.2, 0.25) is 5.91 Å². The van der Waals surface area contributed by atoms with Crippen LogP contribution < -0.4 is 11.1 Å². The second-order valence-electron chi connectivity index (χ2n) is 4.73. The second-order valence-corrected chi connectivity index (χ2v) is 6.35. The first kappa shape index (κ1) is 12.6. The summed E-state index contributed by atoms with van der Waals surface area (Å²) in [5.41, 5.74) is 4.75. The van der Waals surface area contributed by atoms with Crippen molar-refractivity contribution in [1.82, 2.24) is 5.32 Å². The molecule has 0 aliphatic heterocycles. The molecule has 4 nitrogen and oxygen atoms in total. The smallest absolute Gasteiger partial charge is 0.239 e. The van der Waals surface area contributed by atoms with Crippen molar-refractivity contribution in [3.05, 3.63) is 0 Å². The zero-order valence-electron chi connectivity index (χ0n) is 9.41. The normalized spacial score (nSPS) is 18.6. The Morgan fingerprint density at radius 3 is 2.60 bits per heavy atom. The number of rotatable bonds is 6. The fourth-order valence-corrected chi connectivity index (χ4v) is 2.49. The quantitative estimate of drug-likeness (QED) is 0.677. The molecule has 0 heterocycles. The fraction of sp³-hybridized carbons (Fsp3) is 0.900. The zero-order chi connectivity index (χ0) is 11.5. The van der Waals surface area contributed by atoms with Gasteiger partial charge in [-0.25, -0.2) is 0 Å². The van der Waals surface area contributed by atoms with E-state index in [2.05, 4.69) is 5.32 Å². The van der Waals surface area contributed by atoms with Gasteiger partial charge in [-0.1, -0.05) is 0 Å². The topological polar surface area (TPSA) is 72.2 Å². The van der Waals surface area contributed by atoms with Gasteiger partial charge in [0.1, 0.15) is 0 Å². The lowest BCUT2D eigenvalue weighted by Gasteiger charge is -2.17. The Morgan fingerprint density at radius 2 is 2.13 bits per heavy atom. The van der Waals surface area contributed by atoms with Gasteiger partial charge >= 0.3 is 0 Å². The van der Waals surface area contributed by atoms with Crippen LogP contribution in [0, 0.1) is 5.92 Å². The lowest BCUT2D eigenvalue weighted by Crippen LogP contribution is -2.49. The molecule has 5 heteroatoms. The highest BCUT2D eigenvalue weighted by Crippen LogP contribution is 2.29. The standard InChI is InChI=1S/C10H20N2O2S/c1-10(2,11)9(13)12-5-6-15(14)7-8-3-4-8/h8H,3-7,11H2,1-2H3,(H,12,13). The molecule has 1 amide bonds. The van der Waals surface area contributed by atoms with E-state index in [1.54, 1.807) is 13.8 Å². The molecule has 0 saturated heterocycles. The van der Waals surface area contributed by atoms with E-state index < -0.39 is 16.3 Å². The SMILES string of the molecule is CC(C)(N)C(=O)NCCS(=O)CC1CC1. The summed E-state index contributed by atoms with van der Waals surface area (Å²) in [5, 5.41) is 2.69. The highest BCUT2D eigenvalue weighted by Gasteiger charge is 2.24. The molecular weight excluding hydrogens is 212 g/mol. The van der Waals surface area contributed by atoms with Crippen LogP contribution in [0.25, 0.3) is 0 Å². The largest absolute Gasteiger partial charge is 0.354 e. The van der Waals surface area contributed by atoms with Crippen molar-refractivity contribution in [2.45, 2.75) is 32.2 Å². The monoisotopic (exact) mass is 232 g/mol. The minimum absolute atomic E-state index is 0.189. The third-order valence-electron chi connectivity index (χ3n) is 2.32. The molecule has 0 bridgehead atoms. The van der Waals surface area contributed by atoms with Gasteiger partial charge in [0.25, 0.3) is 0 Å². The number of nitrogens with one attached hydrogen (secondary N) is 1. The van der Waals surface area contributed by atoms with Crippen LogP contribution >= 0.6 is 0 Å². The van der Waals surface area contributed by atoms with Gasteiger partial charge in [0.05, 0.1) is 5.54 Å². The number of carbonyl (C=O) groups is 1. The molecule has 15 heavy (non-hydrogen) atoms. The van der Waals surface area contributed by atoms with E-state index in [1.165, 1.54) is 12.8 Å². The highest BCUT2D eigenvalue weighted by molar-refractivity contribution is 7.85. The summed E-state index contributed by atoms with van der Waals surface area (Å²) in [5.74, 6) is 1.82. The average molecular weight is 232 g/mol. The van der Waals surface area contributed by atoms with Gasteiger partial charge in [-0.2, -0.15) is 0 Å². The van der Waals surface area contributed by atoms with Crippen molar-refractivity contribution in [1.29, 1.82) is 0 Å². The highest BCUT2D eigenvalue weighted by atomic mass is 32.2. The van der Waals surface area contributed by atoms with Crippen LogP contribution in [0.1, 0.15) is 26.7 Å². The van der Waals surface area contributed by atoms with Gasteiger partial charge in [-0.15, -0.1) is 0 Å². The van der Waals surface area contributed by atoms with Crippen LogP contribution in [0.4, 0.5) is 0 Å². The number of hydrogen-bond donors (Lipinski definition) is 2. The summed E-state index contributed by atoms with van der Waals surface area (Å²) in [4.78, 5) is 11.3. The molecule has 0 aromatic carbocycles. The molecule has 0 aromatic rings. The molecule has 88 valence electrons. The molecule has 1 unspecified atom stereocenters. The molecule has 1 aliphatic carbocycles. The number of carbonyl (C=O) groups excluding carboxylic acids is 1. The van der Waals surface area contributed by atoms with E-state index in [0.717, 1.165) is 5.75 Å². The number of nitrogens with two attached hydrogens (primary N) is 1. The number of hydrogen-bond acceptors (Lipinski definition) is 3. The van der Waals surface area contributed by atoms with Crippen molar-refractivity contribution in [2.75, 3.05) is 18.1 Å². The van der Waals surface area contributed by atoms with Crippen LogP contribution in [-0.2, 0) is 15.6 Å². The minimum Gasteiger partial charge on any atom is -0.354 e.